The number of carbonyl (C=O) groups is 1. The maximum atomic E-state index is 12.1. The first kappa shape index (κ1) is 23.1. The molecule has 0 spiro atoms. The minimum Gasteiger partial charge on any atom is -0.497 e. The van der Waals surface area contributed by atoms with Crippen molar-refractivity contribution in [3.05, 3.63) is 89.5 Å². The quantitative estimate of drug-likeness (QED) is 0.387. The van der Waals surface area contributed by atoms with Gasteiger partial charge in [0.05, 0.1) is 32.6 Å². The molecule has 0 aromatic heterocycles. The van der Waals surface area contributed by atoms with Crippen LogP contribution in [0, 0.1) is 0 Å². The van der Waals surface area contributed by atoms with Crippen molar-refractivity contribution in [3.8, 4) is 11.5 Å². The highest BCUT2D eigenvalue weighted by molar-refractivity contribution is 7.80. The van der Waals surface area contributed by atoms with E-state index in [2.05, 4.69) is 5.32 Å². The van der Waals surface area contributed by atoms with Crippen LogP contribution >= 0.6 is 12.2 Å². The Morgan fingerprint density at radius 3 is 1.78 bits per heavy atom. The average molecular weight is 451 g/mol. The number of anilines is 1. The zero-order valence-corrected chi connectivity index (χ0v) is 19.1. The number of rotatable bonds is 8. The van der Waals surface area contributed by atoms with Crippen LogP contribution in [0.5, 0.6) is 11.5 Å². The average Bonchev–Trinajstić information content (AvgIpc) is 2.84. The maximum absolute atomic E-state index is 12.1. The summed E-state index contributed by atoms with van der Waals surface area (Å²) in [4.78, 5) is 14.2. The topological polar surface area (TPSA) is 60.0 Å². The minimum atomic E-state index is -0.423. The highest BCUT2D eigenvalue weighted by Crippen LogP contribution is 2.20. The summed E-state index contributed by atoms with van der Waals surface area (Å²) in [6.45, 7) is 1.14. The van der Waals surface area contributed by atoms with Crippen LogP contribution in [-0.4, -0.2) is 37.3 Å². The van der Waals surface area contributed by atoms with Gasteiger partial charge in [0, 0.05) is 13.1 Å². The van der Waals surface area contributed by atoms with Crippen molar-refractivity contribution in [2.75, 3.05) is 26.6 Å². The summed E-state index contributed by atoms with van der Waals surface area (Å²) < 4.78 is 15.4. The summed E-state index contributed by atoms with van der Waals surface area (Å²) in [7, 11) is 4.64. The van der Waals surface area contributed by atoms with Gasteiger partial charge in [-0.15, -0.1) is 0 Å². The maximum Gasteiger partial charge on any atom is 0.339 e. The van der Waals surface area contributed by atoms with Gasteiger partial charge in [-0.2, -0.15) is 0 Å². The normalized spacial score (nSPS) is 10.2. The van der Waals surface area contributed by atoms with Crippen molar-refractivity contribution >= 4 is 29.0 Å². The SMILES string of the molecule is COC(=O)c1ccccc1NC(=S)N(Cc1ccc(OC)cc1)Cc1ccc(OC)cc1. The smallest absolute Gasteiger partial charge is 0.339 e. The molecule has 0 radical (unpaired) electrons. The number of nitrogens with zero attached hydrogens (tertiary/aromatic N) is 1. The standard InChI is InChI=1S/C25H26N2O4S/c1-29-20-12-8-18(9-13-20)16-27(17-19-10-14-21(30-2)15-11-19)25(32)26-23-7-5-4-6-22(23)24(28)31-3/h4-15H,16-17H2,1-3H3,(H,26,32). The Balaban J connectivity index is 1.84. The molecule has 6 nitrogen and oxygen atoms in total. The molecule has 7 heteroatoms. The second-order valence-electron chi connectivity index (χ2n) is 7.02. The minimum absolute atomic E-state index is 0.422. The molecule has 1 N–H and O–H groups in total. The van der Waals surface area contributed by atoms with Gasteiger partial charge in [-0.3, -0.25) is 0 Å². The van der Waals surface area contributed by atoms with E-state index in [4.69, 9.17) is 26.4 Å². The van der Waals surface area contributed by atoms with E-state index in [0.29, 0.717) is 29.5 Å². The van der Waals surface area contributed by atoms with Gasteiger partial charge in [-0.1, -0.05) is 36.4 Å². The molecule has 0 heterocycles. The van der Waals surface area contributed by atoms with Crippen LogP contribution in [0.2, 0.25) is 0 Å². The van der Waals surface area contributed by atoms with E-state index in [-0.39, 0.29) is 0 Å². The van der Waals surface area contributed by atoms with Crippen molar-refractivity contribution in [1.29, 1.82) is 0 Å². The zero-order valence-electron chi connectivity index (χ0n) is 18.3. The Kier molecular flexibility index (Phi) is 8.05. The molecule has 0 saturated carbocycles. The van der Waals surface area contributed by atoms with Gasteiger partial charge in [-0.25, -0.2) is 4.79 Å². The molecule has 3 rings (SSSR count). The lowest BCUT2D eigenvalue weighted by Crippen LogP contribution is -2.34. The molecule has 0 fully saturated rings. The van der Waals surface area contributed by atoms with Crippen LogP contribution in [0.15, 0.2) is 72.8 Å². The number of esters is 1. The molecule has 166 valence electrons. The van der Waals surface area contributed by atoms with Crippen LogP contribution < -0.4 is 14.8 Å². The van der Waals surface area contributed by atoms with E-state index < -0.39 is 5.97 Å². The van der Waals surface area contributed by atoms with Gasteiger partial charge < -0.3 is 24.4 Å². The second-order valence-corrected chi connectivity index (χ2v) is 7.41. The molecule has 0 bridgehead atoms. The number of benzene rings is 3. The lowest BCUT2D eigenvalue weighted by molar-refractivity contribution is 0.0602. The molecule has 0 unspecified atom stereocenters. The third-order valence-electron chi connectivity index (χ3n) is 4.93. The van der Waals surface area contributed by atoms with E-state index in [1.165, 1.54) is 7.11 Å². The van der Waals surface area contributed by atoms with Gasteiger partial charge in [0.1, 0.15) is 11.5 Å². The number of ether oxygens (including phenoxy) is 3. The summed E-state index contributed by atoms with van der Waals surface area (Å²) in [6, 6.07) is 22.8. The molecule has 0 aliphatic carbocycles. The van der Waals surface area contributed by atoms with Gasteiger partial charge in [0.25, 0.3) is 0 Å². The lowest BCUT2D eigenvalue weighted by Gasteiger charge is -2.27. The third kappa shape index (κ3) is 5.98. The Bertz CT molecular complexity index is 1000. The molecule has 0 aliphatic heterocycles. The number of methoxy groups -OCH3 is 3. The fourth-order valence-corrected chi connectivity index (χ4v) is 3.42. The Hall–Kier alpha value is -3.58. The van der Waals surface area contributed by atoms with Crippen LogP contribution in [0.4, 0.5) is 5.69 Å². The van der Waals surface area contributed by atoms with Crippen molar-refractivity contribution in [2.45, 2.75) is 13.1 Å². The summed E-state index contributed by atoms with van der Waals surface area (Å²) in [5.74, 6) is 1.17. The molecular weight excluding hydrogens is 424 g/mol. The van der Waals surface area contributed by atoms with Gasteiger partial charge >= 0.3 is 5.97 Å². The first-order valence-corrected chi connectivity index (χ1v) is 10.4. The van der Waals surface area contributed by atoms with Crippen LogP contribution in [0.25, 0.3) is 0 Å². The first-order valence-electron chi connectivity index (χ1n) is 10.0. The van der Waals surface area contributed by atoms with E-state index in [0.717, 1.165) is 22.6 Å². The molecule has 0 amide bonds. The van der Waals surface area contributed by atoms with E-state index in [1.807, 2.05) is 59.5 Å². The number of carbonyl (C=O) groups excluding carboxylic acids is 1. The number of hydrogen-bond donors (Lipinski definition) is 1. The van der Waals surface area contributed by atoms with Gasteiger partial charge in [0.2, 0.25) is 0 Å². The molecular formula is C25H26N2O4S. The number of thiocarbonyl (C=S) groups is 1. The predicted octanol–water partition coefficient (Wildman–Crippen LogP) is 4.89. The monoisotopic (exact) mass is 450 g/mol. The van der Waals surface area contributed by atoms with E-state index in [1.54, 1.807) is 32.4 Å². The van der Waals surface area contributed by atoms with Gasteiger partial charge in [0.15, 0.2) is 5.11 Å². The van der Waals surface area contributed by atoms with Crippen LogP contribution in [0.3, 0.4) is 0 Å². The molecule has 32 heavy (non-hydrogen) atoms. The second kappa shape index (κ2) is 11.2. The zero-order chi connectivity index (χ0) is 22.9. The lowest BCUT2D eigenvalue weighted by atomic mass is 10.1. The highest BCUT2D eigenvalue weighted by Gasteiger charge is 2.16. The van der Waals surface area contributed by atoms with Crippen LogP contribution in [0.1, 0.15) is 21.5 Å². The summed E-state index contributed by atoms with van der Waals surface area (Å²) in [5.41, 5.74) is 3.17. The largest absolute Gasteiger partial charge is 0.497 e. The number of nitrogens with one attached hydrogen (secondary N) is 1. The Morgan fingerprint density at radius 1 is 0.812 bits per heavy atom. The third-order valence-corrected chi connectivity index (χ3v) is 5.29. The van der Waals surface area contributed by atoms with Crippen LogP contribution in [-0.2, 0) is 17.8 Å². The highest BCUT2D eigenvalue weighted by atomic mass is 32.1. The predicted molar refractivity (Wildman–Crippen MR) is 129 cm³/mol. The number of hydrogen-bond acceptors (Lipinski definition) is 5. The Labute approximate surface area is 193 Å². The molecule has 3 aromatic carbocycles. The van der Waals surface area contributed by atoms with E-state index in [9.17, 15) is 4.79 Å². The molecule has 3 aromatic rings. The summed E-state index contributed by atoms with van der Waals surface area (Å²) in [5, 5.41) is 3.71. The fraction of sp³-hybridized carbons (Fsp3) is 0.200. The summed E-state index contributed by atoms with van der Waals surface area (Å²) in [6.07, 6.45) is 0. The van der Waals surface area contributed by atoms with Gasteiger partial charge in [-0.05, 0) is 59.7 Å². The summed E-state index contributed by atoms with van der Waals surface area (Å²) >= 11 is 5.75. The molecule has 0 saturated heterocycles. The first-order chi connectivity index (χ1) is 15.5. The van der Waals surface area contributed by atoms with Crippen molar-refractivity contribution < 1.29 is 19.0 Å². The Morgan fingerprint density at radius 2 is 1.31 bits per heavy atom. The van der Waals surface area contributed by atoms with Crippen molar-refractivity contribution in [1.82, 2.24) is 4.90 Å². The van der Waals surface area contributed by atoms with Crippen molar-refractivity contribution in [2.24, 2.45) is 0 Å². The van der Waals surface area contributed by atoms with Crippen molar-refractivity contribution in [3.63, 3.8) is 0 Å². The fourth-order valence-electron chi connectivity index (χ4n) is 3.18. The van der Waals surface area contributed by atoms with E-state index >= 15 is 0 Å². The molecule has 0 atom stereocenters. The molecule has 0 aliphatic rings. The number of para-hydroxylation sites is 1.